The lowest BCUT2D eigenvalue weighted by Gasteiger charge is -2.35. The van der Waals surface area contributed by atoms with Gasteiger partial charge in [0.25, 0.3) is 5.91 Å². The first kappa shape index (κ1) is 20.7. The number of likely N-dealkylation sites (tertiary alicyclic amines) is 1. The molecule has 0 aliphatic carbocycles. The van der Waals surface area contributed by atoms with Gasteiger partial charge in [-0.25, -0.2) is 4.79 Å². The Morgan fingerprint density at radius 1 is 1.07 bits per heavy atom. The monoisotopic (exact) mass is 374 g/mol. The van der Waals surface area contributed by atoms with Crippen molar-refractivity contribution in [2.45, 2.75) is 39.2 Å². The summed E-state index contributed by atoms with van der Waals surface area (Å²) in [5.41, 5.74) is 0.533. The van der Waals surface area contributed by atoms with Gasteiger partial charge in [0.1, 0.15) is 6.04 Å². The van der Waals surface area contributed by atoms with Crippen LogP contribution >= 0.6 is 0 Å². The summed E-state index contributed by atoms with van der Waals surface area (Å²) < 4.78 is 0. The van der Waals surface area contributed by atoms with Gasteiger partial charge in [0.2, 0.25) is 5.91 Å². The molecule has 1 saturated heterocycles. The molecule has 7 nitrogen and oxygen atoms in total. The maximum atomic E-state index is 12.7. The molecule has 1 aromatic rings. The minimum absolute atomic E-state index is 0.000180. The molecule has 0 spiro atoms. The van der Waals surface area contributed by atoms with E-state index in [1.807, 2.05) is 19.9 Å². The molecule has 7 heteroatoms. The van der Waals surface area contributed by atoms with Crippen LogP contribution in [0.3, 0.4) is 0 Å². The molecule has 148 valence electrons. The van der Waals surface area contributed by atoms with Crippen LogP contribution in [0.25, 0.3) is 0 Å². The quantitative estimate of drug-likeness (QED) is 0.679. The minimum atomic E-state index is -0.597. The van der Waals surface area contributed by atoms with Crippen LogP contribution in [0.5, 0.6) is 0 Å². The van der Waals surface area contributed by atoms with Crippen LogP contribution in [0.2, 0.25) is 0 Å². The van der Waals surface area contributed by atoms with E-state index in [1.165, 1.54) is 0 Å². The number of piperidine rings is 1. The van der Waals surface area contributed by atoms with Crippen LogP contribution in [0.15, 0.2) is 30.3 Å². The Labute approximate surface area is 160 Å². The van der Waals surface area contributed by atoms with Gasteiger partial charge in [0.15, 0.2) is 0 Å². The molecular formula is C20H30N4O3. The lowest BCUT2D eigenvalue weighted by molar-refractivity contribution is -0.124. The number of nitrogens with zero attached hydrogens (tertiary/aromatic N) is 1. The fourth-order valence-electron chi connectivity index (χ4n) is 3.27. The van der Waals surface area contributed by atoms with E-state index in [-0.39, 0.29) is 23.8 Å². The number of hydrogen-bond donors (Lipinski definition) is 3. The molecule has 3 N–H and O–H groups in total. The number of rotatable bonds is 7. The SMILES string of the molecule is CCCNC(=O)C(NC(=O)c1ccccc1)C1CCN(C(=O)NCC)CC1. The minimum Gasteiger partial charge on any atom is -0.354 e. The highest BCUT2D eigenvalue weighted by Gasteiger charge is 2.33. The average molecular weight is 374 g/mol. The number of benzene rings is 1. The van der Waals surface area contributed by atoms with Crippen molar-refractivity contribution in [2.75, 3.05) is 26.2 Å². The van der Waals surface area contributed by atoms with Crippen LogP contribution in [0.1, 0.15) is 43.5 Å². The average Bonchev–Trinajstić information content (AvgIpc) is 2.71. The van der Waals surface area contributed by atoms with Gasteiger partial charge in [0, 0.05) is 31.7 Å². The van der Waals surface area contributed by atoms with Crippen molar-refractivity contribution < 1.29 is 14.4 Å². The summed E-state index contributed by atoms with van der Waals surface area (Å²) in [6, 6.07) is 8.23. The van der Waals surface area contributed by atoms with E-state index in [0.717, 1.165) is 6.42 Å². The first-order valence-electron chi connectivity index (χ1n) is 9.73. The highest BCUT2D eigenvalue weighted by atomic mass is 16.2. The number of amides is 4. The molecule has 0 bridgehead atoms. The van der Waals surface area contributed by atoms with E-state index in [9.17, 15) is 14.4 Å². The second-order valence-corrected chi connectivity index (χ2v) is 6.77. The van der Waals surface area contributed by atoms with Gasteiger partial charge in [-0.3, -0.25) is 9.59 Å². The lowest BCUT2D eigenvalue weighted by atomic mass is 9.88. The van der Waals surface area contributed by atoms with Gasteiger partial charge in [0.05, 0.1) is 0 Å². The molecule has 0 saturated carbocycles. The summed E-state index contributed by atoms with van der Waals surface area (Å²) in [7, 11) is 0. The standard InChI is InChI=1S/C20H30N4O3/c1-3-12-22-19(26)17(23-18(25)16-8-6-5-7-9-16)15-10-13-24(14-11-15)20(27)21-4-2/h5-9,15,17H,3-4,10-14H2,1-2H3,(H,21,27)(H,22,26)(H,23,25). The van der Waals surface area contributed by atoms with Crippen LogP contribution in [0, 0.1) is 5.92 Å². The fourth-order valence-corrected chi connectivity index (χ4v) is 3.27. The molecule has 2 rings (SSSR count). The van der Waals surface area contributed by atoms with Gasteiger partial charge in [-0.05, 0) is 44.2 Å². The van der Waals surface area contributed by atoms with E-state index in [0.29, 0.717) is 44.6 Å². The lowest BCUT2D eigenvalue weighted by Crippen LogP contribution is -2.54. The zero-order valence-corrected chi connectivity index (χ0v) is 16.2. The molecule has 0 radical (unpaired) electrons. The van der Waals surface area contributed by atoms with Gasteiger partial charge in [-0.15, -0.1) is 0 Å². The summed E-state index contributed by atoms with van der Waals surface area (Å²) >= 11 is 0. The Morgan fingerprint density at radius 3 is 2.33 bits per heavy atom. The zero-order valence-electron chi connectivity index (χ0n) is 16.2. The molecule has 1 atom stereocenters. The molecule has 1 unspecified atom stereocenters. The van der Waals surface area contributed by atoms with Crippen LogP contribution in [-0.2, 0) is 4.79 Å². The van der Waals surface area contributed by atoms with Gasteiger partial charge >= 0.3 is 6.03 Å². The summed E-state index contributed by atoms with van der Waals surface area (Å²) in [6.07, 6.45) is 2.19. The van der Waals surface area contributed by atoms with E-state index < -0.39 is 6.04 Å². The van der Waals surface area contributed by atoms with Crippen molar-refractivity contribution in [3.05, 3.63) is 35.9 Å². The van der Waals surface area contributed by atoms with E-state index >= 15 is 0 Å². The van der Waals surface area contributed by atoms with Crippen molar-refractivity contribution >= 4 is 17.8 Å². The number of carbonyl (C=O) groups is 3. The van der Waals surface area contributed by atoms with Gasteiger partial charge in [-0.2, -0.15) is 0 Å². The second kappa shape index (κ2) is 10.5. The first-order valence-corrected chi connectivity index (χ1v) is 9.73. The Balaban J connectivity index is 2.03. The summed E-state index contributed by atoms with van der Waals surface area (Å²) in [4.78, 5) is 39.0. The highest BCUT2D eigenvalue weighted by Crippen LogP contribution is 2.21. The predicted octanol–water partition coefficient (Wildman–Crippen LogP) is 1.75. The molecule has 1 aliphatic rings. The zero-order chi connectivity index (χ0) is 19.6. The number of carbonyl (C=O) groups excluding carboxylic acids is 3. The van der Waals surface area contributed by atoms with Crippen LogP contribution < -0.4 is 16.0 Å². The Hall–Kier alpha value is -2.57. The van der Waals surface area contributed by atoms with E-state index in [1.54, 1.807) is 29.2 Å². The Bertz CT molecular complexity index is 627. The van der Waals surface area contributed by atoms with Crippen molar-refractivity contribution in [3.63, 3.8) is 0 Å². The van der Waals surface area contributed by atoms with Crippen molar-refractivity contribution in [2.24, 2.45) is 5.92 Å². The second-order valence-electron chi connectivity index (χ2n) is 6.77. The summed E-state index contributed by atoms with van der Waals surface area (Å²) in [6.45, 7) is 6.20. The first-order chi connectivity index (χ1) is 13.1. The molecule has 1 fully saturated rings. The molecular weight excluding hydrogens is 344 g/mol. The third kappa shape index (κ3) is 5.98. The Morgan fingerprint density at radius 2 is 1.74 bits per heavy atom. The topological polar surface area (TPSA) is 90.5 Å². The molecule has 1 aliphatic heterocycles. The molecule has 0 aromatic heterocycles. The molecule has 4 amide bonds. The summed E-state index contributed by atoms with van der Waals surface area (Å²) in [5.74, 6) is -0.406. The van der Waals surface area contributed by atoms with Crippen molar-refractivity contribution in [1.82, 2.24) is 20.9 Å². The highest BCUT2D eigenvalue weighted by molar-refractivity contribution is 5.97. The molecule has 27 heavy (non-hydrogen) atoms. The van der Waals surface area contributed by atoms with E-state index in [2.05, 4.69) is 16.0 Å². The largest absolute Gasteiger partial charge is 0.354 e. The van der Waals surface area contributed by atoms with Crippen LogP contribution in [0.4, 0.5) is 4.79 Å². The van der Waals surface area contributed by atoms with Crippen molar-refractivity contribution in [3.8, 4) is 0 Å². The normalized spacial score (nSPS) is 15.7. The van der Waals surface area contributed by atoms with Gasteiger partial charge < -0.3 is 20.9 Å². The maximum Gasteiger partial charge on any atom is 0.317 e. The fraction of sp³-hybridized carbons (Fsp3) is 0.550. The Kier molecular flexibility index (Phi) is 8.10. The van der Waals surface area contributed by atoms with E-state index in [4.69, 9.17) is 0 Å². The molecule has 1 heterocycles. The third-order valence-electron chi connectivity index (χ3n) is 4.78. The van der Waals surface area contributed by atoms with Gasteiger partial charge in [-0.1, -0.05) is 25.1 Å². The third-order valence-corrected chi connectivity index (χ3v) is 4.78. The summed E-state index contributed by atoms with van der Waals surface area (Å²) in [5, 5.41) is 8.61. The van der Waals surface area contributed by atoms with Crippen LogP contribution in [-0.4, -0.2) is 55.0 Å². The van der Waals surface area contributed by atoms with Crippen molar-refractivity contribution in [1.29, 1.82) is 0 Å². The predicted molar refractivity (Wildman–Crippen MR) is 104 cm³/mol. The number of urea groups is 1. The molecule has 1 aromatic carbocycles. The number of nitrogens with one attached hydrogen (secondary N) is 3. The number of hydrogen-bond acceptors (Lipinski definition) is 3. The smallest absolute Gasteiger partial charge is 0.317 e. The maximum absolute atomic E-state index is 12.7.